The van der Waals surface area contributed by atoms with Gasteiger partial charge in [-0.05, 0) is 49.4 Å². The molecule has 3 aromatic rings. The third kappa shape index (κ3) is 3.85. The number of rotatable bonds is 8. The van der Waals surface area contributed by atoms with Crippen molar-refractivity contribution >= 4 is 17.7 Å². The van der Waals surface area contributed by atoms with Gasteiger partial charge in [0.1, 0.15) is 11.0 Å². The van der Waals surface area contributed by atoms with Crippen molar-refractivity contribution in [1.82, 2.24) is 14.8 Å². The number of nitrogens with zero attached hydrogens (tertiary/aromatic N) is 3. The Bertz CT molecular complexity index is 955. The summed E-state index contributed by atoms with van der Waals surface area (Å²) in [5.41, 5.74) is 3.34. The quantitative estimate of drug-likeness (QED) is 0.542. The van der Waals surface area contributed by atoms with E-state index in [0.29, 0.717) is 23.2 Å². The van der Waals surface area contributed by atoms with Crippen LogP contribution in [-0.2, 0) is 17.6 Å². The Hall–Kier alpha value is -2.54. The van der Waals surface area contributed by atoms with Crippen LogP contribution in [0.25, 0.3) is 17.3 Å². The van der Waals surface area contributed by atoms with Crippen LogP contribution in [0.2, 0.25) is 0 Å². The maximum absolute atomic E-state index is 11.6. The Morgan fingerprint density at radius 3 is 2.32 bits per heavy atom. The summed E-state index contributed by atoms with van der Waals surface area (Å²) in [6.07, 6.45) is 2.19. The van der Waals surface area contributed by atoms with Crippen LogP contribution in [0.15, 0.2) is 39.9 Å². The molecule has 1 unspecified atom stereocenters. The Morgan fingerprint density at radius 1 is 1.14 bits per heavy atom. The van der Waals surface area contributed by atoms with Crippen molar-refractivity contribution in [3.8, 4) is 17.3 Å². The van der Waals surface area contributed by atoms with Crippen LogP contribution in [0, 0.1) is 6.92 Å². The van der Waals surface area contributed by atoms with Crippen LogP contribution < -0.4 is 0 Å². The van der Waals surface area contributed by atoms with Crippen molar-refractivity contribution in [2.75, 3.05) is 0 Å². The second kappa shape index (κ2) is 8.65. The van der Waals surface area contributed by atoms with Crippen LogP contribution in [0.5, 0.6) is 0 Å². The summed E-state index contributed by atoms with van der Waals surface area (Å²) in [5.74, 6) is 1.15. The molecule has 0 bridgehead atoms. The van der Waals surface area contributed by atoms with Crippen LogP contribution in [-0.4, -0.2) is 31.1 Å². The monoisotopic (exact) mass is 399 g/mol. The minimum Gasteiger partial charge on any atom is -0.480 e. The molecule has 148 valence electrons. The van der Waals surface area contributed by atoms with Crippen molar-refractivity contribution in [1.29, 1.82) is 0 Å². The Morgan fingerprint density at radius 2 is 1.82 bits per heavy atom. The van der Waals surface area contributed by atoms with Gasteiger partial charge in [-0.2, -0.15) is 0 Å². The third-order valence-electron chi connectivity index (χ3n) is 4.68. The molecule has 1 N–H and O–H groups in total. The van der Waals surface area contributed by atoms with Crippen LogP contribution >= 0.6 is 11.8 Å². The highest BCUT2D eigenvalue weighted by atomic mass is 32.2. The van der Waals surface area contributed by atoms with Gasteiger partial charge in [-0.1, -0.05) is 50.7 Å². The van der Waals surface area contributed by atoms with Crippen molar-refractivity contribution in [2.24, 2.45) is 0 Å². The normalized spacial score (nSPS) is 12.3. The first-order chi connectivity index (χ1) is 13.5. The Labute approximate surface area is 169 Å². The van der Waals surface area contributed by atoms with Crippen LogP contribution in [0.1, 0.15) is 44.1 Å². The Balaban J connectivity index is 2.25. The summed E-state index contributed by atoms with van der Waals surface area (Å²) in [5, 5.41) is 18.2. The topological polar surface area (TPSA) is 81.2 Å². The molecule has 0 aliphatic rings. The van der Waals surface area contributed by atoms with E-state index >= 15 is 0 Å². The molecule has 0 saturated heterocycles. The third-order valence-corrected chi connectivity index (χ3v) is 5.97. The van der Waals surface area contributed by atoms with Gasteiger partial charge < -0.3 is 9.52 Å². The van der Waals surface area contributed by atoms with E-state index in [1.54, 1.807) is 0 Å². The molecule has 2 heterocycles. The van der Waals surface area contributed by atoms with Crippen molar-refractivity contribution in [3.63, 3.8) is 0 Å². The van der Waals surface area contributed by atoms with E-state index in [1.165, 1.54) is 11.8 Å². The first kappa shape index (κ1) is 20.2. The van der Waals surface area contributed by atoms with Crippen molar-refractivity contribution in [3.05, 3.63) is 47.2 Å². The average Bonchev–Trinajstić information content (AvgIpc) is 3.30. The number of para-hydroxylation sites is 1. The summed E-state index contributed by atoms with van der Waals surface area (Å²) in [6.45, 7) is 7.96. The number of furan rings is 1. The van der Waals surface area contributed by atoms with Gasteiger partial charge in [0.25, 0.3) is 0 Å². The van der Waals surface area contributed by atoms with E-state index < -0.39 is 11.2 Å². The lowest BCUT2D eigenvalue weighted by atomic mass is 10.0. The zero-order valence-electron chi connectivity index (χ0n) is 16.6. The predicted molar refractivity (Wildman–Crippen MR) is 110 cm³/mol. The van der Waals surface area contributed by atoms with Crippen LogP contribution in [0.4, 0.5) is 0 Å². The predicted octanol–water partition coefficient (Wildman–Crippen LogP) is 4.92. The molecule has 0 aliphatic heterocycles. The Kier molecular flexibility index (Phi) is 6.24. The number of hydrogen-bond donors (Lipinski definition) is 1. The number of carboxylic acid groups (broad SMARTS) is 1. The van der Waals surface area contributed by atoms with Gasteiger partial charge in [-0.25, -0.2) is 0 Å². The number of benzene rings is 1. The summed E-state index contributed by atoms with van der Waals surface area (Å²) >= 11 is 1.23. The largest absolute Gasteiger partial charge is 0.480 e. The fraction of sp³-hybridized carbons (Fsp3) is 0.381. The molecule has 0 saturated carbocycles. The van der Waals surface area contributed by atoms with E-state index in [9.17, 15) is 9.90 Å². The SMILES string of the molecule is CCc1cccc(CC)c1-n1c(SC(CC)C(=O)O)nnc1-c1ccc(C)o1. The number of carboxylic acids is 1. The molecule has 28 heavy (non-hydrogen) atoms. The second-order valence-corrected chi connectivity index (χ2v) is 7.71. The molecule has 1 aromatic carbocycles. The van der Waals surface area contributed by atoms with Gasteiger partial charge in [0.15, 0.2) is 10.9 Å². The van der Waals surface area contributed by atoms with Gasteiger partial charge in [-0.15, -0.1) is 10.2 Å². The molecule has 0 spiro atoms. The van der Waals surface area contributed by atoms with E-state index in [1.807, 2.05) is 30.5 Å². The minimum atomic E-state index is -0.850. The molecular formula is C21H25N3O3S. The molecule has 0 radical (unpaired) electrons. The van der Waals surface area contributed by atoms with E-state index in [2.05, 4.69) is 42.2 Å². The number of aryl methyl sites for hydroxylation is 3. The fourth-order valence-electron chi connectivity index (χ4n) is 3.20. The number of aliphatic carboxylic acids is 1. The highest BCUT2D eigenvalue weighted by Gasteiger charge is 2.26. The van der Waals surface area contributed by atoms with E-state index in [0.717, 1.165) is 35.4 Å². The lowest BCUT2D eigenvalue weighted by Crippen LogP contribution is -2.16. The number of thioether (sulfide) groups is 1. The summed E-state index contributed by atoms with van der Waals surface area (Å²) in [4.78, 5) is 11.6. The molecule has 1 atom stereocenters. The van der Waals surface area contributed by atoms with Gasteiger partial charge in [-0.3, -0.25) is 9.36 Å². The zero-order chi connectivity index (χ0) is 20.3. The average molecular weight is 400 g/mol. The van der Waals surface area contributed by atoms with Gasteiger partial charge in [0.05, 0.1) is 5.69 Å². The highest BCUT2D eigenvalue weighted by molar-refractivity contribution is 8.00. The maximum atomic E-state index is 11.6. The number of aromatic nitrogens is 3. The standard InChI is InChI=1S/C21H25N3O3S/c1-5-14-9-8-10-15(6-2)18(14)24-19(16-12-11-13(4)27-16)22-23-21(24)28-17(7-3)20(25)26/h8-12,17H,5-7H2,1-4H3,(H,25,26). The van der Waals surface area contributed by atoms with E-state index in [4.69, 9.17) is 4.42 Å². The molecule has 0 aliphatic carbocycles. The number of hydrogen-bond acceptors (Lipinski definition) is 5. The molecule has 3 rings (SSSR count). The summed E-state index contributed by atoms with van der Waals surface area (Å²) in [6, 6.07) is 10.0. The molecular weight excluding hydrogens is 374 g/mol. The lowest BCUT2D eigenvalue weighted by Gasteiger charge is -2.18. The maximum Gasteiger partial charge on any atom is 0.317 e. The molecule has 0 amide bonds. The minimum absolute atomic E-state index is 0.498. The first-order valence-corrected chi connectivity index (χ1v) is 10.4. The van der Waals surface area contributed by atoms with Gasteiger partial charge >= 0.3 is 5.97 Å². The summed E-state index contributed by atoms with van der Waals surface area (Å²) < 4.78 is 7.79. The van der Waals surface area contributed by atoms with Crippen molar-refractivity contribution < 1.29 is 14.3 Å². The molecule has 7 heteroatoms. The smallest absolute Gasteiger partial charge is 0.317 e. The van der Waals surface area contributed by atoms with Crippen LogP contribution in [0.3, 0.4) is 0 Å². The molecule has 0 fully saturated rings. The zero-order valence-corrected chi connectivity index (χ0v) is 17.4. The van der Waals surface area contributed by atoms with Gasteiger partial charge in [0.2, 0.25) is 5.82 Å². The molecule has 2 aromatic heterocycles. The van der Waals surface area contributed by atoms with Crippen molar-refractivity contribution in [2.45, 2.75) is 57.4 Å². The second-order valence-electron chi connectivity index (χ2n) is 6.54. The number of carbonyl (C=O) groups is 1. The lowest BCUT2D eigenvalue weighted by molar-refractivity contribution is -0.136. The van der Waals surface area contributed by atoms with Gasteiger partial charge in [0, 0.05) is 0 Å². The first-order valence-electron chi connectivity index (χ1n) is 9.52. The van der Waals surface area contributed by atoms with E-state index in [-0.39, 0.29) is 0 Å². The summed E-state index contributed by atoms with van der Waals surface area (Å²) in [7, 11) is 0. The molecule has 6 nitrogen and oxygen atoms in total. The fourth-order valence-corrected chi connectivity index (χ4v) is 4.09. The highest BCUT2D eigenvalue weighted by Crippen LogP contribution is 2.34.